The smallest absolute Gasteiger partial charge is 0.232 e. The third kappa shape index (κ3) is 4.60. The van der Waals surface area contributed by atoms with E-state index < -0.39 is 0 Å². The van der Waals surface area contributed by atoms with Gasteiger partial charge in [0.2, 0.25) is 5.91 Å². The van der Waals surface area contributed by atoms with Gasteiger partial charge in [-0.05, 0) is 78.4 Å². The van der Waals surface area contributed by atoms with E-state index in [1.54, 1.807) is 7.11 Å². The van der Waals surface area contributed by atoms with Gasteiger partial charge in [-0.25, -0.2) is 0 Å². The maximum absolute atomic E-state index is 13.6. The average molecular weight is 460 g/mol. The number of fused-ring (bicyclic) bond motifs is 1. The van der Waals surface area contributed by atoms with Crippen molar-refractivity contribution in [2.24, 2.45) is 0 Å². The minimum absolute atomic E-state index is 0.0530. The molecule has 3 aromatic carbocycles. The number of amides is 1. The van der Waals surface area contributed by atoms with Crippen LogP contribution in [0.2, 0.25) is 0 Å². The van der Waals surface area contributed by atoms with Crippen LogP contribution in [0.3, 0.4) is 0 Å². The van der Waals surface area contributed by atoms with Gasteiger partial charge in [-0.3, -0.25) is 4.79 Å². The second-order valence-electron chi connectivity index (χ2n) is 8.73. The van der Waals surface area contributed by atoms with Crippen LogP contribution in [0.5, 0.6) is 17.2 Å². The normalized spacial score (nSPS) is 15.3. The summed E-state index contributed by atoms with van der Waals surface area (Å²) in [5, 5.41) is 0. The van der Waals surface area contributed by atoms with Crippen LogP contribution in [-0.4, -0.2) is 26.2 Å². The molecule has 34 heavy (non-hydrogen) atoms. The molecule has 0 aliphatic carbocycles. The number of carbonyl (C=O) groups is 1. The van der Waals surface area contributed by atoms with E-state index in [-0.39, 0.29) is 11.9 Å². The summed E-state index contributed by atoms with van der Waals surface area (Å²) in [6, 6.07) is 20.0. The highest BCUT2D eigenvalue weighted by Crippen LogP contribution is 2.43. The average Bonchev–Trinajstić information content (AvgIpc) is 2.84. The molecule has 0 spiro atoms. The first-order valence-corrected chi connectivity index (χ1v) is 11.9. The molecule has 0 saturated carbocycles. The molecule has 1 unspecified atom stereocenters. The first kappa shape index (κ1) is 23.7. The van der Waals surface area contributed by atoms with E-state index in [4.69, 9.17) is 14.2 Å². The second-order valence-corrected chi connectivity index (χ2v) is 8.73. The number of nitrogens with zero attached hydrogens (tertiary/aromatic N) is 1. The van der Waals surface area contributed by atoms with Crippen molar-refractivity contribution < 1.29 is 19.0 Å². The number of hydrogen-bond donors (Lipinski definition) is 0. The van der Waals surface area contributed by atoms with Crippen LogP contribution in [0.4, 0.5) is 5.69 Å². The Morgan fingerprint density at radius 2 is 1.53 bits per heavy atom. The molecule has 0 aromatic heterocycles. The molecular weight excluding hydrogens is 426 g/mol. The summed E-state index contributed by atoms with van der Waals surface area (Å²) in [6.45, 7) is 9.31. The van der Waals surface area contributed by atoms with Crippen LogP contribution >= 0.6 is 0 Å². The monoisotopic (exact) mass is 459 g/mol. The molecule has 0 N–H and O–H groups in total. The van der Waals surface area contributed by atoms with E-state index in [1.165, 1.54) is 5.56 Å². The van der Waals surface area contributed by atoms with Gasteiger partial charge in [-0.2, -0.15) is 0 Å². The summed E-state index contributed by atoms with van der Waals surface area (Å²) in [5.41, 5.74) is 5.15. The van der Waals surface area contributed by atoms with Crippen molar-refractivity contribution in [3.05, 3.63) is 82.9 Å². The summed E-state index contributed by atoms with van der Waals surface area (Å²) >= 11 is 0. The number of carbonyl (C=O) groups excluding carboxylic acids is 1. The molecule has 1 amide bonds. The van der Waals surface area contributed by atoms with Crippen molar-refractivity contribution in [1.82, 2.24) is 0 Å². The lowest BCUT2D eigenvalue weighted by molar-refractivity contribution is -0.118. The minimum atomic E-state index is -0.290. The summed E-state index contributed by atoms with van der Waals surface area (Å²) in [7, 11) is 1.65. The largest absolute Gasteiger partial charge is 0.497 e. The maximum atomic E-state index is 13.6. The third-order valence-electron chi connectivity index (χ3n) is 6.24. The van der Waals surface area contributed by atoms with Crippen LogP contribution in [0.25, 0.3) is 0 Å². The highest BCUT2D eigenvalue weighted by molar-refractivity contribution is 5.98. The van der Waals surface area contributed by atoms with Gasteiger partial charge in [0.15, 0.2) is 11.5 Å². The lowest BCUT2D eigenvalue weighted by Gasteiger charge is -2.38. The fraction of sp³-hybridized carbons (Fsp3) is 0.345. The summed E-state index contributed by atoms with van der Waals surface area (Å²) < 4.78 is 17.2. The number of ether oxygens (including phenoxy) is 3. The fourth-order valence-electron chi connectivity index (χ4n) is 4.52. The SMILES string of the molecule is CCOc1cc2c(cc1OCC)C(c1ccc(OC)cc1)N(c1ccc(C(C)C)cc1)C(=O)C2. The van der Waals surface area contributed by atoms with Crippen molar-refractivity contribution in [3.8, 4) is 17.2 Å². The van der Waals surface area contributed by atoms with E-state index in [1.807, 2.05) is 67.3 Å². The van der Waals surface area contributed by atoms with E-state index >= 15 is 0 Å². The van der Waals surface area contributed by atoms with Gasteiger partial charge >= 0.3 is 0 Å². The summed E-state index contributed by atoms with van der Waals surface area (Å²) in [6.07, 6.45) is 0.306. The van der Waals surface area contributed by atoms with Crippen LogP contribution in [0, 0.1) is 0 Å². The van der Waals surface area contributed by atoms with Crippen LogP contribution < -0.4 is 19.1 Å². The molecule has 1 heterocycles. The van der Waals surface area contributed by atoms with Gasteiger partial charge in [0.25, 0.3) is 0 Å². The Morgan fingerprint density at radius 1 is 0.912 bits per heavy atom. The molecule has 5 nitrogen and oxygen atoms in total. The van der Waals surface area contributed by atoms with Gasteiger partial charge < -0.3 is 19.1 Å². The maximum Gasteiger partial charge on any atom is 0.232 e. The van der Waals surface area contributed by atoms with E-state index in [0.717, 1.165) is 28.1 Å². The number of hydrogen-bond acceptors (Lipinski definition) is 4. The Balaban J connectivity index is 1.88. The highest BCUT2D eigenvalue weighted by Gasteiger charge is 2.36. The molecule has 178 valence electrons. The Kier molecular flexibility index (Phi) is 7.11. The lowest BCUT2D eigenvalue weighted by Crippen LogP contribution is -2.41. The van der Waals surface area contributed by atoms with Crippen molar-refractivity contribution in [2.75, 3.05) is 25.2 Å². The third-order valence-corrected chi connectivity index (χ3v) is 6.24. The van der Waals surface area contributed by atoms with E-state index in [9.17, 15) is 4.79 Å². The number of methoxy groups -OCH3 is 1. The standard InChI is InChI=1S/C29H33NO4/c1-6-33-26-16-22-17-28(31)30(23-12-8-20(9-13-23)19(3)4)29(25(22)18-27(26)34-7-2)21-10-14-24(32-5)15-11-21/h8-16,18-19,29H,6-7,17H2,1-5H3. The van der Waals surface area contributed by atoms with Crippen LogP contribution in [-0.2, 0) is 11.2 Å². The molecule has 5 heteroatoms. The predicted molar refractivity (Wildman–Crippen MR) is 135 cm³/mol. The molecule has 0 fully saturated rings. The molecule has 4 rings (SSSR count). The van der Waals surface area contributed by atoms with Gasteiger partial charge in [0.1, 0.15) is 5.75 Å². The summed E-state index contributed by atoms with van der Waals surface area (Å²) in [4.78, 5) is 15.5. The molecule has 1 aliphatic heterocycles. The molecule has 0 bridgehead atoms. The first-order chi connectivity index (χ1) is 16.5. The number of rotatable bonds is 8. The van der Waals surface area contributed by atoms with Gasteiger partial charge in [-0.15, -0.1) is 0 Å². The molecule has 3 aromatic rings. The topological polar surface area (TPSA) is 48.0 Å². The van der Waals surface area contributed by atoms with E-state index in [0.29, 0.717) is 37.1 Å². The number of benzene rings is 3. The number of anilines is 1. The minimum Gasteiger partial charge on any atom is -0.497 e. The van der Waals surface area contributed by atoms with Crippen molar-refractivity contribution in [1.29, 1.82) is 0 Å². The van der Waals surface area contributed by atoms with Crippen LogP contribution in [0.1, 0.15) is 61.9 Å². The van der Waals surface area contributed by atoms with Gasteiger partial charge in [-0.1, -0.05) is 38.1 Å². The van der Waals surface area contributed by atoms with Crippen molar-refractivity contribution >= 4 is 11.6 Å². The zero-order chi connectivity index (χ0) is 24.2. The lowest BCUT2D eigenvalue weighted by atomic mass is 9.86. The van der Waals surface area contributed by atoms with Crippen molar-refractivity contribution in [3.63, 3.8) is 0 Å². The Hall–Kier alpha value is -3.47. The van der Waals surface area contributed by atoms with Crippen molar-refractivity contribution in [2.45, 2.75) is 46.1 Å². The fourth-order valence-corrected chi connectivity index (χ4v) is 4.52. The Morgan fingerprint density at radius 3 is 2.09 bits per heavy atom. The van der Waals surface area contributed by atoms with Gasteiger partial charge in [0.05, 0.1) is 32.8 Å². The van der Waals surface area contributed by atoms with E-state index in [2.05, 4.69) is 26.0 Å². The molecule has 0 saturated heterocycles. The van der Waals surface area contributed by atoms with Gasteiger partial charge in [0, 0.05) is 5.69 Å². The zero-order valence-corrected chi connectivity index (χ0v) is 20.6. The molecule has 1 aliphatic rings. The predicted octanol–water partition coefficient (Wildman–Crippen LogP) is 6.29. The Bertz CT molecular complexity index is 1140. The zero-order valence-electron chi connectivity index (χ0n) is 20.6. The quantitative estimate of drug-likeness (QED) is 0.397. The van der Waals surface area contributed by atoms with Crippen LogP contribution in [0.15, 0.2) is 60.7 Å². The highest BCUT2D eigenvalue weighted by atomic mass is 16.5. The first-order valence-electron chi connectivity index (χ1n) is 11.9. The molecular formula is C29H33NO4. The molecule has 1 atom stereocenters. The molecule has 0 radical (unpaired) electrons. The summed E-state index contributed by atoms with van der Waals surface area (Å²) in [5.74, 6) is 2.64. The Labute approximate surface area is 202 Å². The second kappa shape index (κ2) is 10.2.